The second kappa shape index (κ2) is 4.18. The Morgan fingerprint density at radius 2 is 1.80 bits per heavy atom. The maximum atomic E-state index is 14.1. The molecule has 0 unspecified atom stereocenters. The predicted molar refractivity (Wildman–Crippen MR) is 63.8 cm³/mol. The third kappa shape index (κ3) is 2.20. The highest BCUT2D eigenvalue weighted by Gasteiger charge is 2.54. The molecule has 0 bridgehead atoms. The van der Waals surface area contributed by atoms with Gasteiger partial charge in [0.05, 0.1) is 5.54 Å². The van der Waals surface area contributed by atoms with Gasteiger partial charge in [-0.15, -0.1) is 0 Å². The van der Waals surface area contributed by atoms with Gasteiger partial charge in [0.1, 0.15) is 5.69 Å². The largest absolute Gasteiger partial charge is 0.435 e. The van der Waals surface area contributed by atoms with Crippen LogP contribution in [0.1, 0.15) is 63.4 Å². The number of nitrogens with zero attached hydrogens (tertiary/aromatic N) is 2. The van der Waals surface area contributed by atoms with Crippen LogP contribution >= 0.6 is 0 Å². The Morgan fingerprint density at radius 3 is 2.20 bits per heavy atom. The fourth-order valence-corrected chi connectivity index (χ4v) is 2.72. The smallest absolute Gasteiger partial charge is 0.257 e. The first-order chi connectivity index (χ1) is 8.89. The quantitative estimate of drug-likeness (QED) is 0.690. The normalized spacial score (nSPS) is 22.1. The molecule has 0 aliphatic heterocycles. The first-order valence-corrected chi connectivity index (χ1v) is 6.48. The zero-order valence-corrected chi connectivity index (χ0v) is 11.8. The molecule has 2 rings (SSSR count). The molecular formula is C13H17F5N2. The third-order valence-electron chi connectivity index (χ3n) is 3.58. The average Bonchev–Trinajstić information content (AvgIpc) is 2.74. The summed E-state index contributed by atoms with van der Waals surface area (Å²) in [5, 5.41) is 3.48. The Kier molecular flexibility index (Phi) is 3.19. The summed E-state index contributed by atoms with van der Waals surface area (Å²) in [4.78, 5) is 0. The van der Waals surface area contributed by atoms with Crippen molar-refractivity contribution in [3.05, 3.63) is 17.0 Å². The van der Waals surface area contributed by atoms with Crippen LogP contribution < -0.4 is 0 Å². The minimum Gasteiger partial charge on any atom is -0.257 e. The van der Waals surface area contributed by atoms with Crippen molar-refractivity contribution in [3.8, 4) is 0 Å². The van der Waals surface area contributed by atoms with Gasteiger partial charge in [0.2, 0.25) is 0 Å². The van der Waals surface area contributed by atoms with Crippen molar-refractivity contribution in [1.29, 1.82) is 0 Å². The third-order valence-corrected chi connectivity index (χ3v) is 3.58. The number of alkyl halides is 5. The van der Waals surface area contributed by atoms with E-state index in [-0.39, 0.29) is 12.0 Å². The second-order valence-corrected chi connectivity index (χ2v) is 6.21. The lowest BCUT2D eigenvalue weighted by Gasteiger charge is -2.24. The van der Waals surface area contributed by atoms with Crippen LogP contribution in [-0.2, 0) is 17.6 Å². The summed E-state index contributed by atoms with van der Waals surface area (Å²) in [6, 6.07) is 0. The number of fused-ring (bicyclic) bond motifs is 1. The molecule has 1 aromatic rings. The molecule has 0 radical (unpaired) electrons. The van der Waals surface area contributed by atoms with E-state index >= 15 is 0 Å². The topological polar surface area (TPSA) is 17.8 Å². The van der Waals surface area contributed by atoms with Gasteiger partial charge in [0.25, 0.3) is 5.92 Å². The fourth-order valence-electron chi connectivity index (χ4n) is 2.72. The lowest BCUT2D eigenvalue weighted by molar-refractivity contribution is -0.142. The summed E-state index contributed by atoms with van der Waals surface area (Å²) in [6.07, 6.45) is -5.05. The van der Waals surface area contributed by atoms with E-state index in [4.69, 9.17) is 0 Å². The van der Waals surface area contributed by atoms with Crippen molar-refractivity contribution >= 4 is 0 Å². The molecule has 1 heterocycles. The van der Waals surface area contributed by atoms with Gasteiger partial charge in [-0.25, -0.2) is 0 Å². The molecular weight excluding hydrogens is 279 g/mol. The van der Waals surface area contributed by atoms with Gasteiger partial charge in [-0.3, -0.25) is 4.68 Å². The van der Waals surface area contributed by atoms with Gasteiger partial charge in [0, 0.05) is 12.0 Å². The van der Waals surface area contributed by atoms with Crippen LogP contribution in [-0.4, -0.2) is 9.78 Å². The molecule has 114 valence electrons. The summed E-state index contributed by atoms with van der Waals surface area (Å²) >= 11 is 0. The van der Waals surface area contributed by atoms with E-state index in [1.54, 1.807) is 27.7 Å². The van der Waals surface area contributed by atoms with E-state index in [0.717, 1.165) is 4.68 Å². The van der Waals surface area contributed by atoms with Crippen molar-refractivity contribution in [2.45, 2.75) is 64.1 Å². The molecule has 7 heteroatoms. The molecule has 1 aromatic heterocycles. The Hall–Kier alpha value is -1.14. The summed E-state index contributed by atoms with van der Waals surface area (Å²) < 4.78 is 68.4. The second-order valence-electron chi connectivity index (χ2n) is 6.21. The number of hydrogen-bond acceptors (Lipinski definition) is 1. The van der Waals surface area contributed by atoms with Gasteiger partial charge in [-0.2, -0.15) is 27.1 Å². The van der Waals surface area contributed by atoms with Crippen molar-refractivity contribution in [3.63, 3.8) is 0 Å². The van der Waals surface area contributed by atoms with Crippen molar-refractivity contribution < 1.29 is 22.0 Å². The number of halogens is 5. The molecule has 1 aliphatic carbocycles. The van der Waals surface area contributed by atoms with Crippen LogP contribution in [0.25, 0.3) is 0 Å². The van der Waals surface area contributed by atoms with Crippen LogP contribution in [0.4, 0.5) is 22.0 Å². The molecule has 0 spiro atoms. The summed E-state index contributed by atoms with van der Waals surface area (Å²) in [5.41, 5.74) is -2.98. The first kappa shape index (κ1) is 15.3. The molecule has 20 heavy (non-hydrogen) atoms. The number of rotatable bonds is 1. The Balaban J connectivity index is 2.78. The van der Waals surface area contributed by atoms with Gasteiger partial charge >= 0.3 is 6.18 Å². The molecule has 0 fully saturated rings. The van der Waals surface area contributed by atoms with Crippen molar-refractivity contribution in [2.24, 2.45) is 0 Å². The minimum atomic E-state index is -4.71. The van der Waals surface area contributed by atoms with E-state index < -0.39 is 41.4 Å². The van der Waals surface area contributed by atoms with E-state index in [1.165, 1.54) is 0 Å². The SMILES string of the molecule is CC[C@H]1CC(F)(F)c2c1c(C(F)(F)F)nn2C(C)(C)C. The van der Waals surface area contributed by atoms with E-state index in [0.29, 0.717) is 0 Å². The van der Waals surface area contributed by atoms with E-state index in [9.17, 15) is 22.0 Å². The molecule has 1 aliphatic rings. The van der Waals surface area contributed by atoms with Crippen molar-refractivity contribution in [1.82, 2.24) is 9.78 Å². The predicted octanol–water partition coefficient (Wildman–Crippen LogP) is 4.65. The van der Waals surface area contributed by atoms with Gasteiger partial charge in [-0.1, -0.05) is 6.92 Å². The van der Waals surface area contributed by atoms with Crippen LogP contribution in [0.2, 0.25) is 0 Å². The lowest BCUT2D eigenvalue weighted by atomic mass is 9.98. The minimum absolute atomic E-state index is 0.238. The van der Waals surface area contributed by atoms with Gasteiger partial charge in [0.15, 0.2) is 5.69 Å². The summed E-state index contributed by atoms with van der Waals surface area (Å²) in [5.74, 6) is -4.06. The first-order valence-electron chi connectivity index (χ1n) is 6.48. The number of aromatic nitrogens is 2. The highest BCUT2D eigenvalue weighted by Crippen LogP contribution is 2.54. The molecule has 2 nitrogen and oxygen atoms in total. The van der Waals surface area contributed by atoms with Crippen LogP contribution in [0, 0.1) is 0 Å². The summed E-state index contributed by atoms with van der Waals surface area (Å²) in [7, 11) is 0. The van der Waals surface area contributed by atoms with Crippen molar-refractivity contribution in [2.75, 3.05) is 0 Å². The molecule has 0 aromatic carbocycles. The Bertz CT molecular complexity index is 522. The molecule has 0 N–H and O–H groups in total. The zero-order chi connectivity index (χ0) is 15.5. The van der Waals surface area contributed by atoms with E-state index in [2.05, 4.69) is 5.10 Å². The average molecular weight is 296 g/mol. The Morgan fingerprint density at radius 1 is 1.25 bits per heavy atom. The molecule has 0 saturated carbocycles. The van der Waals surface area contributed by atoms with Crippen LogP contribution in [0.15, 0.2) is 0 Å². The highest BCUT2D eigenvalue weighted by molar-refractivity contribution is 5.40. The highest BCUT2D eigenvalue weighted by atomic mass is 19.4. The monoisotopic (exact) mass is 296 g/mol. The van der Waals surface area contributed by atoms with Crippen LogP contribution in [0.3, 0.4) is 0 Å². The number of hydrogen-bond donors (Lipinski definition) is 0. The van der Waals surface area contributed by atoms with E-state index in [1.807, 2.05) is 0 Å². The Labute approximate surface area is 114 Å². The standard InChI is InChI=1S/C13H17F5N2/c1-5-7-6-12(14,15)10-8(7)9(13(16,17)18)19-20(10)11(2,3)4/h7H,5-6H2,1-4H3/t7-/m0/s1. The molecule has 0 saturated heterocycles. The maximum Gasteiger partial charge on any atom is 0.435 e. The zero-order valence-electron chi connectivity index (χ0n) is 11.8. The van der Waals surface area contributed by atoms with Gasteiger partial charge in [-0.05, 0) is 33.1 Å². The van der Waals surface area contributed by atoms with Gasteiger partial charge < -0.3 is 0 Å². The molecule has 0 amide bonds. The van der Waals surface area contributed by atoms with Crippen LogP contribution in [0.5, 0.6) is 0 Å². The fraction of sp³-hybridized carbons (Fsp3) is 0.769. The maximum absolute atomic E-state index is 14.1. The summed E-state index contributed by atoms with van der Waals surface area (Å²) in [6.45, 7) is 6.31. The lowest BCUT2D eigenvalue weighted by Crippen LogP contribution is -2.29. The molecule has 1 atom stereocenters.